The lowest BCUT2D eigenvalue weighted by Crippen LogP contribution is -2.44. The molecule has 4 rings (SSSR count). The minimum absolute atomic E-state index is 0.0193. The summed E-state index contributed by atoms with van der Waals surface area (Å²) < 4.78 is 33.7. The van der Waals surface area contributed by atoms with Crippen molar-refractivity contribution in [3.05, 3.63) is 64.2 Å². The maximum atomic E-state index is 13.5. The summed E-state index contributed by atoms with van der Waals surface area (Å²) in [6.45, 7) is 0.309. The van der Waals surface area contributed by atoms with Gasteiger partial charge in [0.25, 0.3) is 11.6 Å². The Morgan fingerprint density at radius 3 is 2.89 bits per heavy atom. The van der Waals surface area contributed by atoms with E-state index >= 15 is 0 Å². The molecular weight excluding hydrogens is 458 g/mol. The van der Waals surface area contributed by atoms with Crippen molar-refractivity contribution in [1.82, 2.24) is 14.1 Å². The van der Waals surface area contributed by atoms with E-state index in [-0.39, 0.29) is 41.5 Å². The van der Waals surface area contributed by atoms with Crippen molar-refractivity contribution in [3.8, 4) is 11.8 Å². The van der Waals surface area contributed by atoms with Crippen LogP contribution in [0.4, 0.5) is 14.6 Å². The number of carbonyl (C=O) groups is 1. The van der Waals surface area contributed by atoms with Crippen molar-refractivity contribution < 1.29 is 18.3 Å². The molecule has 0 radical (unpaired) electrons. The van der Waals surface area contributed by atoms with E-state index in [1.165, 1.54) is 18.0 Å². The van der Waals surface area contributed by atoms with Gasteiger partial charge in [-0.05, 0) is 25.0 Å². The highest BCUT2D eigenvalue weighted by molar-refractivity contribution is 5.96. The average molecular weight is 482 g/mol. The quantitative estimate of drug-likeness (QED) is 0.514. The second-order valence-corrected chi connectivity index (χ2v) is 8.29. The molecule has 3 aromatic rings. The van der Waals surface area contributed by atoms with Crippen LogP contribution in [0.5, 0.6) is 5.75 Å². The fourth-order valence-electron chi connectivity index (χ4n) is 4.38. The molecule has 1 saturated heterocycles. The van der Waals surface area contributed by atoms with Crippen LogP contribution in [0.1, 0.15) is 28.8 Å². The number of Topliss-reactive ketones (excluding diaryl/α,β-unsaturated/α-hetero) is 1. The lowest BCUT2D eigenvalue weighted by Gasteiger charge is -2.33. The Balaban J connectivity index is 1.84. The smallest absolute Gasteiger partial charge is 0.278 e. The normalized spacial score (nSPS) is 15.6. The van der Waals surface area contributed by atoms with Gasteiger partial charge < -0.3 is 19.9 Å². The number of hydrogen-bond acceptors (Lipinski definition) is 7. The van der Waals surface area contributed by atoms with Gasteiger partial charge in [0.1, 0.15) is 34.2 Å². The molecule has 9 nitrogen and oxygen atoms in total. The number of benzene rings is 1. The Morgan fingerprint density at radius 1 is 1.40 bits per heavy atom. The molecule has 0 aliphatic carbocycles. The van der Waals surface area contributed by atoms with E-state index in [1.807, 2.05) is 4.90 Å². The number of nitriles is 1. The first-order valence-corrected chi connectivity index (χ1v) is 11.0. The molecule has 2 N–H and O–H groups in total. The number of aromatic nitrogens is 3. The minimum Gasteiger partial charge on any atom is -0.497 e. The molecule has 2 aromatic heterocycles. The minimum atomic E-state index is -1.91. The largest absolute Gasteiger partial charge is 0.497 e. The standard InChI is InChI=1S/C24H24F2N6O3/c1-35-17-6-2-4-15(10-17)19(33)13-31-14-29-21-18(11-27)23(30-8-3-5-16(28)12-30)32(9-7-20(25)26)22(21)24(31)34/h2,4,6-7,10,14,16H,3,5,8-9,12-13,28H2,1H3/t16-/m0/s1. The predicted octanol–water partition coefficient (Wildman–Crippen LogP) is 2.67. The van der Waals surface area contributed by atoms with Gasteiger partial charge in [-0.2, -0.15) is 14.0 Å². The summed E-state index contributed by atoms with van der Waals surface area (Å²) in [7, 11) is 1.48. The summed E-state index contributed by atoms with van der Waals surface area (Å²) in [5, 5.41) is 9.91. The highest BCUT2D eigenvalue weighted by Crippen LogP contribution is 2.32. The van der Waals surface area contributed by atoms with Crippen molar-refractivity contribution in [3.63, 3.8) is 0 Å². The number of nitrogens with zero attached hydrogens (tertiary/aromatic N) is 5. The van der Waals surface area contributed by atoms with Gasteiger partial charge in [-0.25, -0.2) is 4.98 Å². The van der Waals surface area contributed by atoms with E-state index in [0.717, 1.165) is 17.4 Å². The number of allylic oxidation sites excluding steroid dienone is 1. The Kier molecular flexibility index (Phi) is 6.93. The number of halogens is 2. The van der Waals surface area contributed by atoms with Gasteiger partial charge in [0.15, 0.2) is 5.78 Å². The zero-order valence-electron chi connectivity index (χ0n) is 19.1. The molecule has 1 aliphatic rings. The Bertz CT molecular complexity index is 1400. The second kappa shape index (κ2) is 10.1. The maximum absolute atomic E-state index is 13.5. The number of methoxy groups -OCH3 is 1. The predicted molar refractivity (Wildman–Crippen MR) is 126 cm³/mol. The number of nitrogens with two attached hydrogens (primary N) is 1. The lowest BCUT2D eigenvalue weighted by atomic mass is 10.1. The molecule has 0 bridgehead atoms. The van der Waals surface area contributed by atoms with Crippen LogP contribution in [-0.2, 0) is 13.1 Å². The molecule has 1 aromatic carbocycles. The van der Waals surface area contributed by atoms with Crippen LogP contribution in [0.3, 0.4) is 0 Å². The Morgan fingerprint density at radius 2 is 2.20 bits per heavy atom. The van der Waals surface area contributed by atoms with Crippen molar-refractivity contribution in [2.75, 3.05) is 25.1 Å². The van der Waals surface area contributed by atoms with Crippen LogP contribution in [0.15, 0.2) is 47.5 Å². The average Bonchev–Trinajstić information content (AvgIpc) is 3.18. The van der Waals surface area contributed by atoms with E-state index < -0.39 is 11.6 Å². The van der Waals surface area contributed by atoms with Crippen LogP contribution in [-0.4, -0.2) is 46.1 Å². The fourth-order valence-corrected chi connectivity index (χ4v) is 4.38. The second-order valence-electron chi connectivity index (χ2n) is 8.29. The molecule has 0 spiro atoms. The molecule has 0 amide bonds. The Hall–Kier alpha value is -4.04. The number of hydrogen-bond donors (Lipinski definition) is 1. The molecule has 1 atom stereocenters. The van der Waals surface area contributed by atoms with Gasteiger partial charge in [-0.1, -0.05) is 12.1 Å². The monoisotopic (exact) mass is 482 g/mol. The molecule has 182 valence electrons. The summed E-state index contributed by atoms with van der Waals surface area (Å²) in [4.78, 5) is 32.5. The Labute approximate surface area is 199 Å². The summed E-state index contributed by atoms with van der Waals surface area (Å²) >= 11 is 0. The topological polar surface area (TPSA) is 119 Å². The molecule has 0 saturated carbocycles. The number of piperidine rings is 1. The molecule has 11 heteroatoms. The number of ether oxygens (including phenoxy) is 1. The number of fused-ring (bicyclic) bond motifs is 1. The van der Waals surface area contributed by atoms with E-state index in [9.17, 15) is 23.6 Å². The van der Waals surface area contributed by atoms with Crippen molar-refractivity contribution in [2.24, 2.45) is 5.73 Å². The van der Waals surface area contributed by atoms with Gasteiger partial charge in [-0.15, -0.1) is 0 Å². The van der Waals surface area contributed by atoms with Crippen LogP contribution in [0.2, 0.25) is 0 Å². The van der Waals surface area contributed by atoms with Crippen LogP contribution in [0, 0.1) is 11.3 Å². The molecule has 35 heavy (non-hydrogen) atoms. The first kappa shape index (κ1) is 24.1. The van der Waals surface area contributed by atoms with Gasteiger partial charge in [0.05, 0.1) is 20.0 Å². The van der Waals surface area contributed by atoms with E-state index in [4.69, 9.17) is 10.5 Å². The SMILES string of the molecule is COc1cccc(C(=O)Cn2cnc3c(C#N)c(N4CCC[C@H](N)C4)n(CC=C(F)F)c3c2=O)c1. The summed E-state index contributed by atoms with van der Waals surface area (Å²) in [5.74, 6) is 0.466. The van der Waals surface area contributed by atoms with Crippen LogP contribution < -0.4 is 20.9 Å². The number of ketones is 1. The number of carbonyl (C=O) groups excluding carboxylic acids is 1. The van der Waals surface area contributed by atoms with E-state index in [0.29, 0.717) is 36.3 Å². The van der Waals surface area contributed by atoms with Gasteiger partial charge >= 0.3 is 0 Å². The first-order valence-electron chi connectivity index (χ1n) is 11.0. The molecular formula is C24H24F2N6O3. The summed E-state index contributed by atoms with van der Waals surface area (Å²) in [6.07, 6.45) is 1.52. The summed E-state index contributed by atoms with van der Waals surface area (Å²) in [5.41, 5.74) is 6.04. The fraction of sp³-hybridized carbons (Fsp3) is 0.333. The molecule has 1 fully saturated rings. The van der Waals surface area contributed by atoms with Crippen molar-refractivity contribution >= 4 is 22.6 Å². The molecule has 0 unspecified atom stereocenters. The highest BCUT2D eigenvalue weighted by atomic mass is 19.3. The molecule has 3 heterocycles. The van der Waals surface area contributed by atoms with Crippen LogP contribution >= 0.6 is 0 Å². The zero-order chi connectivity index (χ0) is 25.1. The van der Waals surface area contributed by atoms with E-state index in [2.05, 4.69) is 11.1 Å². The first-order chi connectivity index (χ1) is 16.8. The maximum Gasteiger partial charge on any atom is 0.278 e. The molecule has 1 aliphatic heterocycles. The van der Waals surface area contributed by atoms with Gasteiger partial charge in [-0.3, -0.25) is 14.2 Å². The van der Waals surface area contributed by atoms with E-state index in [1.54, 1.807) is 24.3 Å². The van der Waals surface area contributed by atoms with Crippen molar-refractivity contribution in [2.45, 2.75) is 32.0 Å². The van der Waals surface area contributed by atoms with Gasteiger partial charge in [0, 0.05) is 37.3 Å². The summed E-state index contributed by atoms with van der Waals surface area (Å²) in [6, 6.07) is 8.44. The third-order valence-corrected chi connectivity index (χ3v) is 6.00. The van der Waals surface area contributed by atoms with Crippen molar-refractivity contribution in [1.29, 1.82) is 5.26 Å². The number of rotatable bonds is 7. The number of anilines is 1. The highest BCUT2D eigenvalue weighted by Gasteiger charge is 2.28. The zero-order valence-corrected chi connectivity index (χ0v) is 19.1. The lowest BCUT2D eigenvalue weighted by molar-refractivity contribution is 0.0970. The third-order valence-electron chi connectivity index (χ3n) is 6.00. The van der Waals surface area contributed by atoms with Gasteiger partial charge in [0.2, 0.25) is 0 Å². The van der Waals surface area contributed by atoms with Crippen LogP contribution in [0.25, 0.3) is 11.0 Å². The third kappa shape index (κ3) is 4.79.